The molecule has 5 heteroatoms. The molecule has 0 aliphatic carbocycles. The Hall–Kier alpha value is -0.720. The maximum Gasteiger partial charge on any atom is 0.152 e. The number of hydrogen-bond acceptors (Lipinski definition) is 3. The van der Waals surface area contributed by atoms with E-state index < -0.39 is 0 Å². The lowest BCUT2D eigenvalue weighted by Gasteiger charge is -2.45. The lowest BCUT2D eigenvalue weighted by Crippen LogP contribution is -2.63. The van der Waals surface area contributed by atoms with Crippen molar-refractivity contribution in [2.24, 2.45) is 0 Å². The molecule has 2 aliphatic heterocycles. The van der Waals surface area contributed by atoms with Crippen LogP contribution in [0.15, 0.2) is 25.3 Å². The molecule has 0 aromatic carbocycles. The summed E-state index contributed by atoms with van der Waals surface area (Å²) in [4.78, 5) is 0. The van der Waals surface area contributed by atoms with Gasteiger partial charge >= 0.3 is 0 Å². The van der Waals surface area contributed by atoms with Crippen LogP contribution in [0.3, 0.4) is 0 Å². The molecule has 2 saturated heterocycles. The van der Waals surface area contributed by atoms with Crippen LogP contribution in [-0.4, -0.2) is 99.0 Å². The lowest BCUT2D eigenvalue weighted by molar-refractivity contribution is -0.952. The van der Waals surface area contributed by atoms with Crippen molar-refractivity contribution < 1.29 is 23.5 Å². The van der Waals surface area contributed by atoms with E-state index in [4.69, 9.17) is 9.47 Å². The lowest BCUT2D eigenvalue weighted by atomic mass is 10.1. The summed E-state index contributed by atoms with van der Waals surface area (Å²) in [7, 11) is 0. The van der Waals surface area contributed by atoms with Crippen molar-refractivity contribution in [2.45, 2.75) is 6.10 Å². The predicted molar refractivity (Wildman–Crippen MR) is 87.5 cm³/mol. The molecule has 2 fully saturated rings. The summed E-state index contributed by atoms with van der Waals surface area (Å²) in [5, 5.41) is 10.8. The molecule has 0 aromatic rings. The van der Waals surface area contributed by atoms with Crippen LogP contribution in [0.2, 0.25) is 0 Å². The Balaban J connectivity index is 1.97. The first-order valence-electron chi connectivity index (χ1n) is 8.39. The normalized spacial score (nSPS) is 24.1. The number of hydrogen-bond donors (Lipinski definition) is 1. The van der Waals surface area contributed by atoms with Gasteiger partial charge in [-0.2, -0.15) is 0 Å². The Labute approximate surface area is 134 Å². The minimum atomic E-state index is -0.309. The number of aliphatic hydroxyl groups is 1. The van der Waals surface area contributed by atoms with Gasteiger partial charge in [-0.25, -0.2) is 0 Å². The Morgan fingerprint density at radius 3 is 1.50 bits per heavy atom. The van der Waals surface area contributed by atoms with E-state index in [0.29, 0.717) is 0 Å². The second kappa shape index (κ2) is 8.22. The second-order valence-corrected chi connectivity index (χ2v) is 6.76. The monoisotopic (exact) mass is 312 g/mol. The van der Waals surface area contributed by atoms with Gasteiger partial charge in [0.15, 0.2) is 6.10 Å². The van der Waals surface area contributed by atoms with Crippen molar-refractivity contribution in [3.63, 3.8) is 0 Å². The fraction of sp³-hybridized carbons (Fsp3) is 0.765. The van der Waals surface area contributed by atoms with Gasteiger partial charge < -0.3 is 23.5 Å². The van der Waals surface area contributed by atoms with Crippen molar-refractivity contribution >= 4 is 0 Å². The predicted octanol–water partition coefficient (Wildman–Crippen LogP) is 0.413. The average Bonchev–Trinajstić information content (AvgIpc) is 2.49. The highest BCUT2D eigenvalue weighted by Crippen LogP contribution is 2.17. The third-order valence-corrected chi connectivity index (χ3v) is 5.07. The Bertz CT molecular complexity index is 327. The first-order chi connectivity index (χ1) is 10.6. The Kier molecular flexibility index (Phi) is 6.59. The molecule has 0 atom stereocenters. The van der Waals surface area contributed by atoms with Gasteiger partial charge in [0.2, 0.25) is 0 Å². The summed E-state index contributed by atoms with van der Waals surface area (Å²) in [6.07, 6.45) is 3.64. The van der Waals surface area contributed by atoms with Gasteiger partial charge in [0.05, 0.1) is 39.5 Å². The van der Waals surface area contributed by atoms with E-state index in [2.05, 4.69) is 13.2 Å². The molecule has 0 radical (unpaired) electrons. The van der Waals surface area contributed by atoms with E-state index in [-0.39, 0.29) is 6.10 Å². The standard InChI is InChI=1S/C17H32N2O3/c1-3-5-18(7-11-21-12-8-18)15-17(20)16-19(6-4-2)9-13-22-14-10-19/h3-4,17,20H,1-2,5-16H2/q+2. The molecule has 0 aromatic heterocycles. The van der Waals surface area contributed by atoms with Gasteiger partial charge in [-0.15, -0.1) is 0 Å². The topological polar surface area (TPSA) is 38.7 Å². The minimum absolute atomic E-state index is 0.309. The molecular weight excluding hydrogens is 280 g/mol. The average molecular weight is 312 g/mol. The zero-order chi connectivity index (χ0) is 15.9. The molecule has 2 rings (SSSR count). The first-order valence-corrected chi connectivity index (χ1v) is 8.39. The fourth-order valence-electron chi connectivity index (χ4n) is 3.84. The summed E-state index contributed by atoms with van der Waals surface area (Å²) < 4.78 is 12.8. The van der Waals surface area contributed by atoms with Gasteiger partial charge in [-0.1, -0.05) is 13.2 Å². The van der Waals surface area contributed by atoms with Crippen LogP contribution in [0.1, 0.15) is 0 Å². The van der Waals surface area contributed by atoms with Gasteiger partial charge in [-0.05, 0) is 12.2 Å². The van der Waals surface area contributed by atoms with Crippen molar-refractivity contribution in [3.8, 4) is 0 Å². The van der Waals surface area contributed by atoms with Crippen LogP contribution in [0.5, 0.6) is 0 Å². The molecule has 0 spiro atoms. The van der Waals surface area contributed by atoms with Crippen LogP contribution in [-0.2, 0) is 9.47 Å². The number of aliphatic hydroxyl groups excluding tert-OH is 1. The zero-order valence-electron chi connectivity index (χ0n) is 13.8. The van der Waals surface area contributed by atoms with Gasteiger partial charge in [-0.3, -0.25) is 0 Å². The molecule has 0 saturated carbocycles. The largest absolute Gasteiger partial charge is 0.382 e. The van der Waals surface area contributed by atoms with Crippen LogP contribution >= 0.6 is 0 Å². The smallest absolute Gasteiger partial charge is 0.152 e. The van der Waals surface area contributed by atoms with E-state index in [1.165, 1.54) is 0 Å². The Morgan fingerprint density at radius 1 is 0.818 bits per heavy atom. The van der Waals surface area contributed by atoms with Gasteiger partial charge in [0.1, 0.15) is 39.3 Å². The fourth-order valence-corrected chi connectivity index (χ4v) is 3.84. The molecule has 0 amide bonds. The summed E-state index contributed by atoms with van der Waals surface area (Å²) in [6, 6.07) is 0. The first kappa shape index (κ1) is 17.6. The van der Waals surface area contributed by atoms with Crippen LogP contribution in [0.25, 0.3) is 0 Å². The Morgan fingerprint density at radius 2 is 1.18 bits per heavy atom. The third kappa shape index (κ3) is 4.64. The summed E-state index contributed by atoms with van der Waals surface area (Å²) >= 11 is 0. The highest BCUT2D eigenvalue weighted by Gasteiger charge is 2.37. The van der Waals surface area contributed by atoms with E-state index in [1.807, 2.05) is 12.2 Å². The molecular formula is C17H32N2O3+2. The van der Waals surface area contributed by atoms with Gasteiger partial charge in [0, 0.05) is 0 Å². The van der Waals surface area contributed by atoms with Crippen molar-refractivity contribution in [1.82, 2.24) is 0 Å². The van der Waals surface area contributed by atoms with E-state index in [1.54, 1.807) is 0 Å². The second-order valence-electron chi connectivity index (χ2n) is 6.76. The quantitative estimate of drug-likeness (QED) is 0.521. The molecule has 2 heterocycles. The van der Waals surface area contributed by atoms with E-state index in [9.17, 15) is 5.11 Å². The molecule has 0 bridgehead atoms. The number of morpholine rings is 2. The van der Waals surface area contributed by atoms with E-state index >= 15 is 0 Å². The van der Waals surface area contributed by atoms with Crippen molar-refractivity contribution in [2.75, 3.05) is 78.8 Å². The number of rotatable bonds is 8. The molecule has 22 heavy (non-hydrogen) atoms. The molecule has 0 unspecified atom stereocenters. The zero-order valence-corrected chi connectivity index (χ0v) is 13.8. The maximum absolute atomic E-state index is 10.8. The molecule has 126 valence electrons. The maximum atomic E-state index is 10.8. The highest BCUT2D eigenvalue weighted by atomic mass is 16.5. The molecule has 5 nitrogen and oxygen atoms in total. The summed E-state index contributed by atoms with van der Waals surface area (Å²) in [6.45, 7) is 18.2. The summed E-state index contributed by atoms with van der Waals surface area (Å²) in [5.41, 5.74) is 0. The minimum Gasteiger partial charge on any atom is -0.382 e. The molecule has 1 N–H and O–H groups in total. The number of ether oxygens (including phenoxy) is 2. The SMILES string of the molecule is C=CC[N+]1(CC(O)C[N+]2(CC=C)CCOCC2)CCOCC1. The molecule has 2 aliphatic rings. The van der Waals surface area contributed by atoms with E-state index in [0.717, 1.165) is 87.8 Å². The number of nitrogens with zero attached hydrogens (tertiary/aromatic N) is 2. The van der Waals surface area contributed by atoms with Crippen molar-refractivity contribution in [3.05, 3.63) is 25.3 Å². The van der Waals surface area contributed by atoms with Crippen LogP contribution in [0.4, 0.5) is 0 Å². The van der Waals surface area contributed by atoms with Crippen LogP contribution in [0, 0.1) is 0 Å². The summed E-state index contributed by atoms with van der Waals surface area (Å²) in [5.74, 6) is 0. The number of quaternary nitrogens is 2. The third-order valence-electron chi connectivity index (χ3n) is 5.07. The van der Waals surface area contributed by atoms with Crippen molar-refractivity contribution in [1.29, 1.82) is 0 Å². The highest BCUT2D eigenvalue weighted by molar-refractivity contribution is 4.72. The van der Waals surface area contributed by atoms with Crippen LogP contribution < -0.4 is 0 Å². The van der Waals surface area contributed by atoms with Gasteiger partial charge in [0.25, 0.3) is 0 Å².